The molecule has 0 aliphatic heterocycles. The van der Waals surface area contributed by atoms with Gasteiger partial charge in [-0.2, -0.15) is 0 Å². The van der Waals surface area contributed by atoms with E-state index >= 15 is 0 Å². The molecule has 0 amide bonds. The molecule has 26 heavy (non-hydrogen) atoms. The number of fused-ring (bicyclic) bond motifs is 4. The Labute approximate surface area is 152 Å². The zero-order valence-corrected chi connectivity index (χ0v) is 14.9. The van der Waals surface area contributed by atoms with Crippen LogP contribution in [0.2, 0.25) is 0 Å². The molecule has 0 saturated carbocycles. The number of aromatic nitrogens is 2. The van der Waals surface area contributed by atoms with Gasteiger partial charge in [0.25, 0.3) is 0 Å². The summed E-state index contributed by atoms with van der Waals surface area (Å²) < 4.78 is 2.14. The molecule has 1 aromatic heterocycles. The van der Waals surface area contributed by atoms with Crippen molar-refractivity contribution in [3.8, 4) is 11.4 Å². The third-order valence-electron chi connectivity index (χ3n) is 5.19. The van der Waals surface area contributed by atoms with Crippen LogP contribution in [-0.4, -0.2) is 4.98 Å². The van der Waals surface area contributed by atoms with Crippen molar-refractivity contribution in [1.82, 2.24) is 4.98 Å². The maximum atomic E-state index is 5.00. The predicted molar refractivity (Wildman–Crippen MR) is 108 cm³/mol. The van der Waals surface area contributed by atoms with E-state index in [0.29, 0.717) is 0 Å². The second-order valence-electron chi connectivity index (χ2n) is 6.87. The highest BCUT2D eigenvalue weighted by molar-refractivity contribution is 6.12. The van der Waals surface area contributed by atoms with Gasteiger partial charge in [0, 0.05) is 0 Å². The van der Waals surface area contributed by atoms with E-state index in [1.54, 1.807) is 0 Å². The topological polar surface area (TPSA) is 16.8 Å². The molecule has 124 valence electrons. The first-order chi connectivity index (χ1) is 12.7. The zero-order valence-electron chi connectivity index (χ0n) is 14.9. The first kappa shape index (κ1) is 15.0. The highest BCUT2D eigenvalue weighted by atomic mass is 15.0. The Balaban J connectivity index is 1.91. The monoisotopic (exact) mass is 335 g/mol. The van der Waals surface area contributed by atoms with Crippen LogP contribution in [0.1, 0.15) is 5.56 Å². The third-order valence-corrected chi connectivity index (χ3v) is 5.19. The highest BCUT2D eigenvalue weighted by Gasteiger charge is 2.20. The van der Waals surface area contributed by atoms with E-state index in [-0.39, 0.29) is 0 Å². The fraction of sp³-hybridized carbons (Fsp3) is 0.0833. The average Bonchev–Trinajstić information content (AvgIpc) is 2.67. The van der Waals surface area contributed by atoms with Gasteiger partial charge in [0.1, 0.15) is 6.20 Å². The summed E-state index contributed by atoms with van der Waals surface area (Å²) in [6.07, 6.45) is 2.16. The number of benzene rings is 4. The second kappa shape index (κ2) is 5.63. The van der Waals surface area contributed by atoms with Gasteiger partial charge in [-0.05, 0) is 51.1 Å². The minimum absolute atomic E-state index is 1.00. The number of hydrogen-bond acceptors (Lipinski definition) is 1. The van der Waals surface area contributed by atoms with Crippen molar-refractivity contribution in [3.05, 3.63) is 84.6 Å². The second-order valence-corrected chi connectivity index (χ2v) is 6.87. The summed E-state index contributed by atoms with van der Waals surface area (Å²) in [6, 6.07) is 25.7. The average molecular weight is 335 g/mol. The smallest absolute Gasteiger partial charge is 0.232 e. The van der Waals surface area contributed by atoms with Gasteiger partial charge in [-0.3, -0.25) is 0 Å². The summed E-state index contributed by atoms with van der Waals surface area (Å²) in [6.45, 7) is 2.17. The van der Waals surface area contributed by atoms with Gasteiger partial charge < -0.3 is 0 Å². The Bertz CT molecular complexity index is 1300. The van der Waals surface area contributed by atoms with Crippen LogP contribution < -0.4 is 4.57 Å². The predicted octanol–water partition coefficient (Wildman–Crippen LogP) is 5.34. The van der Waals surface area contributed by atoms with Crippen molar-refractivity contribution in [3.63, 3.8) is 0 Å². The Morgan fingerprint density at radius 1 is 0.692 bits per heavy atom. The number of rotatable bonds is 1. The number of aryl methyl sites for hydroxylation is 2. The lowest BCUT2D eigenvalue weighted by Gasteiger charge is -2.10. The van der Waals surface area contributed by atoms with Gasteiger partial charge in [-0.25, -0.2) is 4.57 Å². The van der Waals surface area contributed by atoms with Gasteiger partial charge in [0.2, 0.25) is 0 Å². The maximum absolute atomic E-state index is 5.00. The highest BCUT2D eigenvalue weighted by Crippen LogP contribution is 2.34. The summed E-state index contributed by atoms with van der Waals surface area (Å²) in [4.78, 5) is 5.00. The van der Waals surface area contributed by atoms with Crippen molar-refractivity contribution in [2.75, 3.05) is 0 Å². The molecular formula is C24H19N2+. The van der Waals surface area contributed by atoms with Crippen LogP contribution in [0.5, 0.6) is 0 Å². The van der Waals surface area contributed by atoms with Crippen molar-refractivity contribution >= 4 is 32.4 Å². The third kappa shape index (κ3) is 2.19. The lowest BCUT2D eigenvalue weighted by molar-refractivity contribution is -0.661. The summed E-state index contributed by atoms with van der Waals surface area (Å²) >= 11 is 0. The molecule has 2 nitrogen and oxygen atoms in total. The van der Waals surface area contributed by atoms with E-state index in [9.17, 15) is 0 Å². The fourth-order valence-corrected chi connectivity index (χ4v) is 3.89. The molecule has 0 bridgehead atoms. The van der Waals surface area contributed by atoms with E-state index in [1.807, 2.05) is 6.07 Å². The van der Waals surface area contributed by atoms with Crippen LogP contribution in [0, 0.1) is 6.92 Å². The Hall–Kier alpha value is -3.26. The first-order valence-corrected chi connectivity index (χ1v) is 8.89. The lowest BCUT2D eigenvalue weighted by atomic mass is 9.95. The quantitative estimate of drug-likeness (QED) is 0.298. The summed E-state index contributed by atoms with van der Waals surface area (Å²) in [5, 5.41) is 6.24. The molecule has 0 radical (unpaired) electrons. The first-order valence-electron chi connectivity index (χ1n) is 8.89. The van der Waals surface area contributed by atoms with Crippen molar-refractivity contribution < 1.29 is 4.57 Å². The van der Waals surface area contributed by atoms with Crippen molar-refractivity contribution in [2.45, 2.75) is 6.92 Å². The normalized spacial score (nSPS) is 11.5. The van der Waals surface area contributed by atoms with Gasteiger partial charge in [-0.15, -0.1) is 0 Å². The molecule has 0 saturated heterocycles. The molecule has 0 aliphatic carbocycles. The van der Waals surface area contributed by atoms with Crippen molar-refractivity contribution in [1.29, 1.82) is 0 Å². The van der Waals surface area contributed by atoms with E-state index < -0.39 is 0 Å². The van der Waals surface area contributed by atoms with E-state index in [1.165, 1.54) is 32.7 Å². The van der Waals surface area contributed by atoms with Gasteiger partial charge in [0.05, 0.1) is 18.0 Å². The molecular weight excluding hydrogens is 316 g/mol. The number of para-hydroxylation sites is 1. The Morgan fingerprint density at radius 2 is 1.42 bits per heavy atom. The van der Waals surface area contributed by atoms with Gasteiger partial charge >= 0.3 is 5.82 Å². The standard InChI is InChI=1S/C24H19N2/c1-16-11-13-20-19-9-5-3-7-17(19)12-14-21(20)23(16)24-25-22-10-6-4-8-18(22)15-26(24)2/h3-15H,1-2H3/q+1. The van der Waals surface area contributed by atoms with Crippen molar-refractivity contribution in [2.24, 2.45) is 7.05 Å². The van der Waals surface area contributed by atoms with Gasteiger partial charge in [-0.1, -0.05) is 60.7 Å². The minimum Gasteiger partial charge on any atom is -0.232 e. The van der Waals surface area contributed by atoms with Crippen LogP contribution >= 0.6 is 0 Å². The lowest BCUT2D eigenvalue weighted by Crippen LogP contribution is -2.32. The molecule has 0 aliphatic rings. The van der Waals surface area contributed by atoms with E-state index in [4.69, 9.17) is 4.98 Å². The molecule has 0 atom stereocenters. The van der Waals surface area contributed by atoms with E-state index in [0.717, 1.165) is 16.7 Å². The summed E-state index contributed by atoms with van der Waals surface area (Å²) in [5.74, 6) is 1.00. The van der Waals surface area contributed by atoms with Gasteiger partial charge in [0.15, 0.2) is 5.52 Å². The maximum Gasteiger partial charge on any atom is 0.331 e. The molecule has 0 spiro atoms. The molecule has 1 heterocycles. The Kier molecular flexibility index (Phi) is 3.26. The number of nitrogens with zero attached hydrogens (tertiary/aromatic N) is 2. The molecule has 2 heteroatoms. The number of hydrogen-bond donors (Lipinski definition) is 0. The SMILES string of the molecule is Cc1ccc2c(ccc3ccccc32)c1-c1nc2ccccc2c[n+]1C. The van der Waals surface area contributed by atoms with Crippen LogP contribution in [0.25, 0.3) is 43.8 Å². The Morgan fingerprint density at radius 3 is 2.31 bits per heavy atom. The summed E-state index contributed by atoms with van der Waals surface area (Å²) in [7, 11) is 2.08. The molecule has 0 fully saturated rings. The fourth-order valence-electron chi connectivity index (χ4n) is 3.89. The zero-order chi connectivity index (χ0) is 17.7. The van der Waals surface area contributed by atoms with E-state index in [2.05, 4.69) is 91.5 Å². The molecule has 5 rings (SSSR count). The minimum atomic E-state index is 1.00. The largest absolute Gasteiger partial charge is 0.331 e. The molecule has 0 N–H and O–H groups in total. The summed E-state index contributed by atoms with van der Waals surface area (Å²) in [5.41, 5.74) is 3.48. The van der Waals surface area contributed by atoms with Crippen LogP contribution in [0.15, 0.2) is 79.0 Å². The molecule has 4 aromatic carbocycles. The van der Waals surface area contributed by atoms with Crippen LogP contribution in [0.3, 0.4) is 0 Å². The molecule has 5 aromatic rings. The van der Waals surface area contributed by atoms with Crippen LogP contribution in [0.4, 0.5) is 0 Å². The molecule has 0 unspecified atom stereocenters. The van der Waals surface area contributed by atoms with Crippen LogP contribution in [-0.2, 0) is 7.05 Å².